The molecule has 7 heteroatoms. The predicted molar refractivity (Wildman–Crippen MR) is 84.6 cm³/mol. The van der Waals surface area contributed by atoms with Crippen LogP contribution in [0.15, 0.2) is 19.0 Å². The maximum Gasteiger partial charge on any atom is 0.246 e. The number of amides is 2. The Kier molecular flexibility index (Phi) is 4.19. The van der Waals surface area contributed by atoms with E-state index in [1.54, 1.807) is 9.58 Å². The Labute approximate surface area is 135 Å². The molecule has 2 amide bonds. The van der Waals surface area contributed by atoms with Crippen molar-refractivity contribution in [3.05, 3.63) is 24.8 Å². The first-order chi connectivity index (χ1) is 11.0. The summed E-state index contributed by atoms with van der Waals surface area (Å²) in [5.74, 6) is 0.752. The Morgan fingerprint density at radius 1 is 1.48 bits per heavy atom. The molecule has 2 aliphatic rings. The van der Waals surface area contributed by atoms with E-state index in [1.807, 2.05) is 6.92 Å². The smallest absolute Gasteiger partial charge is 0.246 e. The minimum atomic E-state index is -0.411. The number of fused-ring (bicyclic) bond motifs is 1. The van der Waals surface area contributed by atoms with E-state index < -0.39 is 5.54 Å². The van der Waals surface area contributed by atoms with Crippen molar-refractivity contribution < 1.29 is 9.59 Å². The highest BCUT2D eigenvalue weighted by molar-refractivity contribution is 5.87. The standard InChI is InChI=1S/C16H23N5O2/c1-3-14(22)20-9-5-8-16(2,10-20)19-15(23)12-6-4-7-13-17-11-18-21(12)13/h3,11-12H,1,4-10H2,2H3,(H,19,23). The van der Waals surface area contributed by atoms with Gasteiger partial charge in [-0.15, -0.1) is 0 Å². The van der Waals surface area contributed by atoms with Crippen LogP contribution in [0.2, 0.25) is 0 Å². The highest BCUT2D eigenvalue weighted by atomic mass is 16.2. The van der Waals surface area contributed by atoms with Gasteiger partial charge in [0.15, 0.2) is 0 Å². The first kappa shape index (κ1) is 15.7. The van der Waals surface area contributed by atoms with Gasteiger partial charge in [0.2, 0.25) is 11.8 Å². The second-order valence-corrected chi connectivity index (χ2v) is 6.65. The first-order valence-electron chi connectivity index (χ1n) is 8.14. The number of hydrogen-bond acceptors (Lipinski definition) is 4. The van der Waals surface area contributed by atoms with Gasteiger partial charge in [-0.2, -0.15) is 5.10 Å². The number of hydrogen-bond donors (Lipinski definition) is 1. The molecule has 0 spiro atoms. The first-order valence-corrected chi connectivity index (χ1v) is 8.14. The lowest BCUT2D eigenvalue weighted by Crippen LogP contribution is -2.59. The highest BCUT2D eigenvalue weighted by Crippen LogP contribution is 2.26. The van der Waals surface area contributed by atoms with Crippen LogP contribution in [0.5, 0.6) is 0 Å². The van der Waals surface area contributed by atoms with Crippen LogP contribution in [0.4, 0.5) is 0 Å². The number of aryl methyl sites for hydroxylation is 1. The van der Waals surface area contributed by atoms with Crippen molar-refractivity contribution in [3.8, 4) is 0 Å². The third-order valence-corrected chi connectivity index (χ3v) is 4.73. The Morgan fingerprint density at radius 3 is 3.09 bits per heavy atom. The summed E-state index contributed by atoms with van der Waals surface area (Å²) in [5, 5.41) is 7.35. The number of nitrogens with zero attached hydrogens (tertiary/aromatic N) is 4. The fourth-order valence-electron chi connectivity index (χ4n) is 3.57. The van der Waals surface area contributed by atoms with Gasteiger partial charge in [0, 0.05) is 19.5 Å². The second kappa shape index (κ2) is 6.14. The highest BCUT2D eigenvalue weighted by Gasteiger charge is 2.37. The van der Waals surface area contributed by atoms with Crippen LogP contribution in [0.1, 0.15) is 44.5 Å². The normalized spacial score (nSPS) is 27.2. The molecule has 1 aromatic heterocycles. The minimum Gasteiger partial charge on any atom is -0.347 e. The van der Waals surface area contributed by atoms with E-state index in [-0.39, 0.29) is 17.9 Å². The van der Waals surface area contributed by atoms with Gasteiger partial charge >= 0.3 is 0 Å². The lowest BCUT2D eigenvalue weighted by molar-refractivity contribution is -0.132. The van der Waals surface area contributed by atoms with E-state index in [4.69, 9.17) is 0 Å². The molecule has 2 unspecified atom stereocenters. The average Bonchev–Trinajstić information content (AvgIpc) is 3.02. The van der Waals surface area contributed by atoms with Gasteiger partial charge in [-0.1, -0.05) is 6.58 Å². The van der Waals surface area contributed by atoms with Gasteiger partial charge in [0.1, 0.15) is 18.2 Å². The van der Waals surface area contributed by atoms with E-state index in [0.717, 1.165) is 37.9 Å². The summed E-state index contributed by atoms with van der Waals surface area (Å²) >= 11 is 0. The summed E-state index contributed by atoms with van der Waals surface area (Å²) in [6.45, 7) is 6.77. The largest absolute Gasteiger partial charge is 0.347 e. The van der Waals surface area contributed by atoms with E-state index in [9.17, 15) is 9.59 Å². The van der Waals surface area contributed by atoms with Gasteiger partial charge in [-0.25, -0.2) is 9.67 Å². The molecule has 3 heterocycles. The van der Waals surface area contributed by atoms with E-state index in [0.29, 0.717) is 13.1 Å². The van der Waals surface area contributed by atoms with Crippen molar-refractivity contribution >= 4 is 11.8 Å². The zero-order valence-corrected chi connectivity index (χ0v) is 13.5. The molecular weight excluding hydrogens is 294 g/mol. The monoisotopic (exact) mass is 317 g/mol. The van der Waals surface area contributed by atoms with E-state index in [1.165, 1.54) is 12.4 Å². The number of carbonyl (C=O) groups excluding carboxylic acids is 2. The summed E-state index contributed by atoms with van der Waals surface area (Å²) < 4.78 is 1.73. The van der Waals surface area contributed by atoms with Crippen molar-refractivity contribution in [2.45, 2.75) is 50.6 Å². The molecule has 0 aromatic carbocycles. The number of nitrogens with one attached hydrogen (secondary N) is 1. The molecule has 3 rings (SSSR count). The summed E-state index contributed by atoms with van der Waals surface area (Å²) in [5.41, 5.74) is -0.411. The van der Waals surface area contributed by atoms with Crippen LogP contribution in [0.25, 0.3) is 0 Å². The van der Waals surface area contributed by atoms with Crippen LogP contribution in [-0.2, 0) is 16.0 Å². The van der Waals surface area contributed by atoms with Crippen LogP contribution in [0, 0.1) is 0 Å². The molecular formula is C16H23N5O2. The molecule has 2 atom stereocenters. The number of rotatable bonds is 3. The Balaban J connectivity index is 1.70. The lowest BCUT2D eigenvalue weighted by atomic mass is 9.90. The third kappa shape index (κ3) is 3.13. The van der Waals surface area contributed by atoms with Crippen LogP contribution >= 0.6 is 0 Å². The zero-order valence-electron chi connectivity index (χ0n) is 13.5. The SMILES string of the molecule is C=CC(=O)N1CCCC(C)(NC(=O)C2CCCc3ncnn32)C1. The van der Waals surface area contributed by atoms with E-state index in [2.05, 4.69) is 22.0 Å². The molecule has 0 aliphatic carbocycles. The molecule has 0 saturated carbocycles. The van der Waals surface area contributed by atoms with Crippen molar-refractivity contribution in [2.24, 2.45) is 0 Å². The number of likely N-dealkylation sites (tertiary alicyclic amines) is 1. The predicted octanol–water partition coefficient (Wildman–Crippen LogP) is 0.839. The Bertz CT molecular complexity index is 626. The van der Waals surface area contributed by atoms with Crippen molar-refractivity contribution in [2.75, 3.05) is 13.1 Å². The summed E-state index contributed by atoms with van der Waals surface area (Å²) in [7, 11) is 0. The number of aromatic nitrogens is 3. The van der Waals surface area contributed by atoms with Gasteiger partial charge in [0.25, 0.3) is 0 Å². The number of piperidine rings is 1. The van der Waals surface area contributed by atoms with Gasteiger partial charge < -0.3 is 10.2 Å². The fraction of sp³-hybridized carbons (Fsp3) is 0.625. The summed E-state index contributed by atoms with van der Waals surface area (Å²) in [4.78, 5) is 30.6. The molecule has 1 saturated heterocycles. The van der Waals surface area contributed by atoms with Gasteiger partial charge in [0.05, 0.1) is 5.54 Å². The quantitative estimate of drug-likeness (QED) is 0.838. The van der Waals surface area contributed by atoms with E-state index >= 15 is 0 Å². The van der Waals surface area contributed by atoms with Crippen molar-refractivity contribution in [3.63, 3.8) is 0 Å². The van der Waals surface area contributed by atoms with Crippen molar-refractivity contribution in [1.29, 1.82) is 0 Å². The maximum atomic E-state index is 12.8. The Morgan fingerprint density at radius 2 is 2.30 bits per heavy atom. The van der Waals surface area contributed by atoms with Crippen LogP contribution in [-0.4, -0.2) is 50.1 Å². The molecule has 0 radical (unpaired) electrons. The fourth-order valence-corrected chi connectivity index (χ4v) is 3.57. The molecule has 0 bridgehead atoms. The van der Waals surface area contributed by atoms with Crippen LogP contribution < -0.4 is 5.32 Å². The molecule has 1 N–H and O–H groups in total. The molecule has 23 heavy (non-hydrogen) atoms. The minimum absolute atomic E-state index is 0.0353. The zero-order chi connectivity index (χ0) is 16.4. The average molecular weight is 317 g/mol. The third-order valence-electron chi connectivity index (χ3n) is 4.73. The molecule has 1 aromatic rings. The molecule has 2 aliphatic heterocycles. The van der Waals surface area contributed by atoms with Gasteiger partial charge in [-0.05, 0) is 38.7 Å². The van der Waals surface area contributed by atoms with Crippen molar-refractivity contribution in [1.82, 2.24) is 25.0 Å². The molecule has 124 valence electrons. The molecule has 7 nitrogen and oxygen atoms in total. The van der Waals surface area contributed by atoms with Crippen LogP contribution in [0.3, 0.4) is 0 Å². The Hall–Kier alpha value is -2.18. The lowest BCUT2D eigenvalue weighted by Gasteiger charge is -2.41. The molecule has 1 fully saturated rings. The summed E-state index contributed by atoms with van der Waals surface area (Å²) in [6.07, 6.45) is 7.14. The maximum absolute atomic E-state index is 12.8. The summed E-state index contributed by atoms with van der Waals surface area (Å²) in [6, 6.07) is -0.302. The number of carbonyl (C=O) groups is 2. The van der Waals surface area contributed by atoms with Gasteiger partial charge in [-0.3, -0.25) is 9.59 Å². The second-order valence-electron chi connectivity index (χ2n) is 6.65. The topological polar surface area (TPSA) is 80.1 Å².